The molecule has 3 aromatic rings. The number of nitrogens with zero attached hydrogens (tertiary/aromatic N) is 1. The lowest BCUT2D eigenvalue weighted by atomic mass is 10.2. The van der Waals surface area contributed by atoms with Crippen LogP contribution in [-0.4, -0.2) is 25.6 Å². The van der Waals surface area contributed by atoms with Crippen LogP contribution in [0.1, 0.15) is 5.56 Å². The van der Waals surface area contributed by atoms with Gasteiger partial charge in [0.25, 0.3) is 5.56 Å². The van der Waals surface area contributed by atoms with Gasteiger partial charge in [-0.1, -0.05) is 12.1 Å². The van der Waals surface area contributed by atoms with Crippen molar-refractivity contribution in [1.29, 1.82) is 0 Å². The van der Waals surface area contributed by atoms with Crippen LogP contribution >= 0.6 is 0 Å². The third kappa shape index (κ3) is 3.63. The summed E-state index contributed by atoms with van der Waals surface area (Å²) in [5.41, 5.74) is -5.89. The number of fused-ring (bicyclic) bond motifs is 1. The molecule has 0 saturated heterocycles. The summed E-state index contributed by atoms with van der Waals surface area (Å²) in [6.45, 7) is 0.0746. The first-order valence-corrected chi connectivity index (χ1v) is 8.78. The predicted molar refractivity (Wildman–Crippen MR) is 88.2 cm³/mol. The Balaban J connectivity index is 2.03. The Morgan fingerprint density at radius 1 is 1.15 bits per heavy atom. The van der Waals surface area contributed by atoms with Crippen LogP contribution in [0.15, 0.2) is 51.9 Å². The first kappa shape index (κ1) is 18.8. The van der Waals surface area contributed by atoms with E-state index in [1.165, 1.54) is 17.7 Å². The first-order valence-electron chi connectivity index (χ1n) is 7.37. The average Bonchev–Trinajstić information content (AvgIpc) is 3.07. The Bertz CT molecular complexity index is 1130. The first-order chi connectivity index (χ1) is 12.6. The molecule has 0 aliphatic rings. The smallest absolute Gasteiger partial charge is 0.497 e. The SMILES string of the molecule is COc1ccc(Cn2c(=O)cc(OS(=O)(=O)C(F)(F)F)c3occc32)cc1. The summed E-state index contributed by atoms with van der Waals surface area (Å²) in [6.07, 6.45) is 1.11. The highest BCUT2D eigenvalue weighted by molar-refractivity contribution is 7.88. The molecule has 0 amide bonds. The zero-order valence-corrected chi connectivity index (χ0v) is 14.5. The van der Waals surface area contributed by atoms with Crippen molar-refractivity contribution in [3.05, 3.63) is 58.6 Å². The lowest BCUT2D eigenvalue weighted by Crippen LogP contribution is -2.29. The molecule has 11 heteroatoms. The van der Waals surface area contributed by atoms with Crippen molar-refractivity contribution in [2.75, 3.05) is 7.11 Å². The zero-order chi connectivity index (χ0) is 19.8. The van der Waals surface area contributed by atoms with Crippen molar-refractivity contribution in [1.82, 2.24) is 4.57 Å². The van der Waals surface area contributed by atoms with Crippen molar-refractivity contribution >= 4 is 21.2 Å². The molecule has 2 aromatic heterocycles. The summed E-state index contributed by atoms with van der Waals surface area (Å²) in [7, 11) is -4.44. The molecule has 0 aliphatic heterocycles. The highest BCUT2D eigenvalue weighted by atomic mass is 32.2. The van der Waals surface area contributed by atoms with Crippen molar-refractivity contribution in [2.45, 2.75) is 12.1 Å². The van der Waals surface area contributed by atoms with Crippen LogP contribution in [0.4, 0.5) is 13.2 Å². The number of benzene rings is 1. The van der Waals surface area contributed by atoms with Crippen molar-refractivity contribution in [3.63, 3.8) is 0 Å². The number of ether oxygens (including phenoxy) is 1. The summed E-state index contributed by atoms with van der Waals surface area (Å²) in [6, 6.07) is 8.73. The number of rotatable bonds is 5. The van der Waals surface area contributed by atoms with Crippen LogP contribution in [0.5, 0.6) is 11.5 Å². The number of alkyl halides is 3. The minimum absolute atomic E-state index is 0.0746. The fourth-order valence-corrected chi connectivity index (χ4v) is 2.83. The highest BCUT2D eigenvalue weighted by Crippen LogP contribution is 2.31. The third-order valence-corrected chi connectivity index (χ3v) is 4.63. The number of hydrogen-bond acceptors (Lipinski definition) is 6. The number of hydrogen-bond donors (Lipinski definition) is 0. The van der Waals surface area contributed by atoms with Gasteiger partial charge in [-0.3, -0.25) is 4.79 Å². The second-order valence-corrected chi connectivity index (χ2v) is 6.94. The average molecular weight is 403 g/mol. The van der Waals surface area contributed by atoms with Crippen molar-refractivity contribution < 1.29 is 34.9 Å². The Morgan fingerprint density at radius 3 is 2.41 bits per heavy atom. The predicted octanol–water partition coefficient (Wildman–Crippen LogP) is 2.88. The molecule has 7 nitrogen and oxygen atoms in total. The summed E-state index contributed by atoms with van der Waals surface area (Å²) in [5.74, 6) is -0.219. The number of methoxy groups -OCH3 is 1. The van der Waals surface area contributed by atoms with E-state index in [0.29, 0.717) is 17.4 Å². The van der Waals surface area contributed by atoms with Gasteiger partial charge in [0.05, 0.1) is 31.5 Å². The van der Waals surface area contributed by atoms with Crippen molar-refractivity contribution in [2.24, 2.45) is 0 Å². The molecule has 0 bridgehead atoms. The van der Waals surface area contributed by atoms with Gasteiger partial charge in [0.1, 0.15) is 5.75 Å². The Labute approximate surface area is 150 Å². The minimum atomic E-state index is -5.94. The van der Waals surface area contributed by atoms with E-state index in [1.54, 1.807) is 24.3 Å². The second-order valence-electron chi connectivity index (χ2n) is 5.40. The van der Waals surface area contributed by atoms with E-state index in [9.17, 15) is 26.4 Å². The molecule has 0 unspecified atom stereocenters. The maximum atomic E-state index is 12.5. The Kier molecular flexibility index (Phi) is 4.64. The Hall–Kier alpha value is -2.95. The van der Waals surface area contributed by atoms with Crippen LogP contribution < -0.4 is 14.5 Å². The number of halogens is 3. The van der Waals surface area contributed by atoms with Gasteiger partial charge in [-0.05, 0) is 17.7 Å². The van der Waals surface area contributed by atoms with Gasteiger partial charge in [-0.25, -0.2) is 0 Å². The fraction of sp³-hybridized carbons (Fsp3) is 0.188. The molecule has 0 N–H and O–H groups in total. The van der Waals surface area contributed by atoms with Gasteiger partial charge in [-0.15, -0.1) is 0 Å². The van der Waals surface area contributed by atoms with Gasteiger partial charge in [-0.2, -0.15) is 21.6 Å². The quantitative estimate of drug-likeness (QED) is 0.481. The maximum absolute atomic E-state index is 12.5. The zero-order valence-electron chi connectivity index (χ0n) is 13.7. The van der Waals surface area contributed by atoms with E-state index in [1.807, 2.05) is 0 Å². The minimum Gasteiger partial charge on any atom is -0.497 e. The van der Waals surface area contributed by atoms with Gasteiger partial charge >= 0.3 is 15.6 Å². The van der Waals surface area contributed by atoms with Crippen LogP contribution in [0, 0.1) is 0 Å². The van der Waals surface area contributed by atoms with Crippen LogP contribution in [0.3, 0.4) is 0 Å². The topological polar surface area (TPSA) is 87.7 Å². The molecule has 0 fully saturated rings. The number of pyridine rings is 1. The van der Waals surface area contributed by atoms with Gasteiger partial charge in [0, 0.05) is 6.07 Å². The fourth-order valence-electron chi connectivity index (χ4n) is 2.38. The Morgan fingerprint density at radius 2 is 1.81 bits per heavy atom. The second kappa shape index (κ2) is 6.65. The molecular weight excluding hydrogens is 391 g/mol. The van der Waals surface area contributed by atoms with E-state index in [-0.39, 0.29) is 17.6 Å². The van der Waals surface area contributed by atoms with Crippen molar-refractivity contribution in [3.8, 4) is 11.5 Å². The molecule has 0 spiro atoms. The molecule has 27 heavy (non-hydrogen) atoms. The lowest BCUT2D eigenvalue weighted by Gasteiger charge is -2.12. The monoisotopic (exact) mass is 403 g/mol. The molecule has 1 aromatic carbocycles. The van der Waals surface area contributed by atoms with E-state index < -0.39 is 26.9 Å². The summed E-state index contributed by atoms with van der Waals surface area (Å²) in [4.78, 5) is 12.4. The molecule has 0 aliphatic carbocycles. The third-order valence-electron chi connectivity index (χ3n) is 3.66. The van der Waals surface area contributed by atoms with E-state index in [4.69, 9.17) is 9.15 Å². The molecule has 144 valence electrons. The van der Waals surface area contributed by atoms with Crippen LogP contribution in [0.2, 0.25) is 0 Å². The van der Waals surface area contributed by atoms with Gasteiger partial charge < -0.3 is 17.9 Å². The highest BCUT2D eigenvalue weighted by Gasteiger charge is 2.49. The van der Waals surface area contributed by atoms with Crippen LogP contribution in [-0.2, 0) is 16.7 Å². The molecule has 0 radical (unpaired) electrons. The normalized spacial score (nSPS) is 12.3. The van der Waals surface area contributed by atoms with E-state index in [0.717, 1.165) is 6.26 Å². The summed E-state index contributed by atoms with van der Waals surface area (Å²) < 4.78 is 75.4. The van der Waals surface area contributed by atoms with Gasteiger partial charge in [0.15, 0.2) is 11.3 Å². The summed E-state index contributed by atoms with van der Waals surface area (Å²) >= 11 is 0. The lowest BCUT2D eigenvalue weighted by molar-refractivity contribution is -0.0499. The van der Waals surface area contributed by atoms with Gasteiger partial charge in [0.2, 0.25) is 0 Å². The number of furan rings is 1. The maximum Gasteiger partial charge on any atom is 0.534 e. The molecular formula is C16H12F3NO6S. The molecule has 3 rings (SSSR count). The van der Waals surface area contributed by atoms with E-state index in [2.05, 4.69) is 4.18 Å². The molecule has 2 heterocycles. The summed E-state index contributed by atoms with van der Waals surface area (Å²) in [5, 5.41) is 0. The van der Waals surface area contributed by atoms with E-state index >= 15 is 0 Å². The largest absolute Gasteiger partial charge is 0.534 e. The molecule has 0 atom stereocenters. The standard InChI is InChI=1S/C16H12F3NO6S/c1-24-11-4-2-10(3-5-11)9-20-12-6-7-25-15(12)13(8-14(20)21)26-27(22,23)16(17,18)19/h2-8H,9H2,1H3. The van der Waals surface area contributed by atoms with Crippen LogP contribution in [0.25, 0.3) is 11.1 Å². The molecule has 0 saturated carbocycles. The number of aromatic nitrogens is 1.